The van der Waals surface area contributed by atoms with Crippen LogP contribution in [0.25, 0.3) is 12.2 Å². The van der Waals surface area contributed by atoms with E-state index in [1.807, 2.05) is 35.9 Å². The summed E-state index contributed by atoms with van der Waals surface area (Å²) in [7, 11) is -4.42. The first kappa shape index (κ1) is 20.0. The normalized spacial score (nSPS) is 11.3. The molecule has 0 bridgehead atoms. The number of halogens is 4. The maximum atomic E-state index is 9.88. The van der Waals surface area contributed by atoms with E-state index in [-0.39, 0.29) is 5.75 Å². The van der Waals surface area contributed by atoms with Gasteiger partial charge < -0.3 is 27.1 Å². The summed E-state index contributed by atoms with van der Waals surface area (Å²) in [4.78, 5) is 0. The summed E-state index contributed by atoms with van der Waals surface area (Å²) >= 11 is 1.63. The molecule has 24 heavy (non-hydrogen) atoms. The third kappa shape index (κ3) is 6.99. The Labute approximate surface area is 141 Å². The molecule has 2 aromatic rings. The summed E-state index contributed by atoms with van der Waals surface area (Å²) in [5, 5.41) is 16.4. The lowest BCUT2D eigenvalue weighted by Gasteiger charge is -2.02. The van der Waals surface area contributed by atoms with Crippen LogP contribution in [0.4, 0.5) is 17.3 Å². The Kier molecular flexibility index (Phi) is 7.21. The molecule has 0 atom stereocenters. The molecule has 0 radical (unpaired) electrons. The van der Waals surface area contributed by atoms with E-state index >= 15 is 0 Å². The van der Waals surface area contributed by atoms with Crippen molar-refractivity contribution in [2.24, 2.45) is 0 Å². The van der Waals surface area contributed by atoms with Crippen molar-refractivity contribution in [1.29, 1.82) is 0 Å². The molecule has 2 rings (SSSR count). The zero-order valence-electron chi connectivity index (χ0n) is 13.3. The summed E-state index contributed by atoms with van der Waals surface area (Å²) in [5.41, 5.74) is 0.759. The van der Waals surface area contributed by atoms with Gasteiger partial charge in [0, 0.05) is 22.8 Å². The SMILES string of the molecule is CC[n+]1nc(C)sc1/C=C/c1ccc(OC)cc1O.F[B-](F)(F)F. The van der Waals surface area contributed by atoms with Crippen molar-refractivity contribution in [2.45, 2.75) is 20.4 Å². The van der Waals surface area contributed by atoms with E-state index in [0.29, 0.717) is 5.75 Å². The number of hydrogen-bond donors (Lipinski definition) is 1. The molecule has 132 valence electrons. The summed E-state index contributed by atoms with van der Waals surface area (Å²) in [6.07, 6.45) is 3.85. The smallest absolute Gasteiger partial charge is 0.507 e. The van der Waals surface area contributed by atoms with Gasteiger partial charge in [0.1, 0.15) is 11.5 Å². The number of phenols is 1. The number of rotatable bonds is 4. The number of methoxy groups -OCH3 is 1. The second-order valence-electron chi connectivity index (χ2n) is 4.53. The van der Waals surface area contributed by atoms with Crippen molar-refractivity contribution in [3.8, 4) is 11.5 Å². The Morgan fingerprint density at radius 2 is 1.92 bits per heavy atom. The zero-order chi connectivity index (χ0) is 18.3. The van der Waals surface area contributed by atoms with Gasteiger partial charge in [-0.15, -0.1) is 0 Å². The largest absolute Gasteiger partial charge is 0.673 e. The lowest BCUT2D eigenvalue weighted by atomic mass is 10.2. The zero-order valence-corrected chi connectivity index (χ0v) is 14.2. The van der Waals surface area contributed by atoms with Crippen LogP contribution < -0.4 is 9.42 Å². The van der Waals surface area contributed by atoms with Crippen LogP contribution in [-0.4, -0.2) is 24.6 Å². The van der Waals surface area contributed by atoms with Crippen LogP contribution in [0.2, 0.25) is 0 Å². The molecule has 0 spiro atoms. The van der Waals surface area contributed by atoms with Crippen LogP contribution in [0.3, 0.4) is 0 Å². The molecule has 1 heterocycles. The predicted molar refractivity (Wildman–Crippen MR) is 86.5 cm³/mol. The topological polar surface area (TPSA) is 46.2 Å². The van der Waals surface area contributed by atoms with Gasteiger partial charge in [0.15, 0.2) is 11.6 Å². The Hall–Kier alpha value is -2.10. The first-order chi connectivity index (χ1) is 11.1. The lowest BCUT2D eigenvalue weighted by Crippen LogP contribution is -2.36. The first-order valence-electron chi connectivity index (χ1n) is 6.94. The number of phenolic OH excluding ortho intramolecular Hbond substituents is 1. The highest BCUT2D eigenvalue weighted by molar-refractivity contribution is 7.11. The molecular weight excluding hydrogens is 347 g/mol. The third-order valence-electron chi connectivity index (χ3n) is 2.71. The minimum Gasteiger partial charge on any atom is -0.507 e. The highest BCUT2D eigenvalue weighted by Gasteiger charge is 2.20. The molecule has 0 aliphatic rings. The number of aryl methyl sites for hydroxylation is 2. The summed E-state index contributed by atoms with van der Waals surface area (Å²) in [6, 6.07) is 5.26. The van der Waals surface area contributed by atoms with E-state index < -0.39 is 7.25 Å². The van der Waals surface area contributed by atoms with Crippen molar-refractivity contribution in [3.05, 3.63) is 33.8 Å². The quantitative estimate of drug-likeness (QED) is 0.508. The number of hydrogen-bond acceptors (Lipinski definition) is 4. The molecular formula is C14H17BF4N2O2S. The molecule has 0 saturated carbocycles. The van der Waals surface area contributed by atoms with Crippen LogP contribution in [0.1, 0.15) is 22.5 Å². The number of nitrogens with zero attached hydrogens (tertiary/aromatic N) is 2. The van der Waals surface area contributed by atoms with E-state index in [1.165, 1.54) is 0 Å². The van der Waals surface area contributed by atoms with Crippen molar-refractivity contribution in [1.82, 2.24) is 5.10 Å². The Bertz CT molecular complexity index is 699. The fourth-order valence-corrected chi connectivity index (χ4v) is 2.60. The number of ether oxygens (including phenoxy) is 1. The molecule has 4 nitrogen and oxygen atoms in total. The van der Waals surface area contributed by atoms with Gasteiger partial charge in [-0.1, -0.05) is 4.68 Å². The molecule has 1 N–H and O–H groups in total. The van der Waals surface area contributed by atoms with Crippen LogP contribution >= 0.6 is 11.3 Å². The van der Waals surface area contributed by atoms with Crippen LogP contribution in [0.15, 0.2) is 18.2 Å². The van der Waals surface area contributed by atoms with Gasteiger partial charge in [0.25, 0.3) is 5.01 Å². The van der Waals surface area contributed by atoms with Gasteiger partial charge in [0.2, 0.25) is 0 Å². The predicted octanol–water partition coefficient (Wildman–Crippen LogP) is 3.94. The Balaban J connectivity index is 0.000000505. The van der Waals surface area contributed by atoms with Gasteiger partial charge >= 0.3 is 7.25 Å². The minimum atomic E-state index is -6.00. The molecule has 0 unspecified atom stereocenters. The monoisotopic (exact) mass is 364 g/mol. The van der Waals surface area contributed by atoms with Crippen LogP contribution in [0, 0.1) is 6.92 Å². The van der Waals surface area contributed by atoms with E-state index in [4.69, 9.17) is 4.74 Å². The van der Waals surface area contributed by atoms with E-state index in [0.717, 1.165) is 22.1 Å². The number of benzene rings is 1. The molecule has 10 heteroatoms. The highest BCUT2D eigenvalue weighted by atomic mass is 32.1. The highest BCUT2D eigenvalue weighted by Crippen LogP contribution is 2.25. The van der Waals surface area contributed by atoms with Crippen molar-refractivity contribution in [2.75, 3.05) is 7.11 Å². The molecule has 1 aromatic carbocycles. The van der Waals surface area contributed by atoms with Gasteiger partial charge in [-0.25, -0.2) is 0 Å². The average molecular weight is 364 g/mol. The second-order valence-corrected chi connectivity index (χ2v) is 5.74. The average Bonchev–Trinajstić information content (AvgIpc) is 2.84. The maximum absolute atomic E-state index is 9.88. The number of aromatic hydroxyl groups is 1. The fraction of sp³-hybridized carbons (Fsp3) is 0.286. The third-order valence-corrected chi connectivity index (χ3v) is 3.64. The molecule has 0 saturated heterocycles. The number of aromatic nitrogens is 2. The Morgan fingerprint density at radius 1 is 1.29 bits per heavy atom. The molecule has 0 aliphatic carbocycles. The molecule has 0 aliphatic heterocycles. The van der Waals surface area contributed by atoms with Gasteiger partial charge in [0.05, 0.1) is 7.11 Å². The van der Waals surface area contributed by atoms with Gasteiger partial charge in [-0.2, -0.15) is 0 Å². The van der Waals surface area contributed by atoms with Crippen LogP contribution in [0.5, 0.6) is 11.5 Å². The van der Waals surface area contributed by atoms with Crippen LogP contribution in [-0.2, 0) is 6.54 Å². The van der Waals surface area contributed by atoms with Crippen molar-refractivity contribution >= 4 is 30.7 Å². The van der Waals surface area contributed by atoms with Crippen molar-refractivity contribution in [3.63, 3.8) is 0 Å². The summed E-state index contributed by atoms with van der Waals surface area (Å²) in [6.45, 7) is 4.87. The first-order valence-corrected chi connectivity index (χ1v) is 7.75. The van der Waals surface area contributed by atoms with E-state index in [2.05, 4.69) is 12.0 Å². The molecule has 0 fully saturated rings. The second kappa shape index (κ2) is 8.67. The standard InChI is InChI=1S/C14H16N2O2S.BF4/c1-4-16-14(19-10(2)15-16)8-6-11-5-7-12(18-3)9-13(11)17;2-1(3,4)5/h5-9H,4H2,1-3H3;/q;-1/p+1. The molecule has 1 aromatic heterocycles. The van der Waals surface area contributed by atoms with E-state index in [9.17, 15) is 22.4 Å². The fourth-order valence-electron chi connectivity index (χ4n) is 1.74. The summed E-state index contributed by atoms with van der Waals surface area (Å²) < 4.78 is 46.0. The van der Waals surface area contributed by atoms with E-state index in [1.54, 1.807) is 24.5 Å². The van der Waals surface area contributed by atoms with Crippen molar-refractivity contribution < 1.29 is 31.8 Å². The minimum absolute atomic E-state index is 0.208. The van der Waals surface area contributed by atoms with Gasteiger partial charge in [-0.3, -0.25) is 0 Å². The summed E-state index contributed by atoms with van der Waals surface area (Å²) in [5.74, 6) is 0.854. The maximum Gasteiger partial charge on any atom is 0.673 e. The Morgan fingerprint density at radius 3 is 2.42 bits per heavy atom. The lowest BCUT2D eigenvalue weighted by molar-refractivity contribution is -0.747. The van der Waals surface area contributed by atoms with Gasteiger partial charge in [-0.05, 0) is 43.4 Å². The molecule has 0 amide bonds.